The van der Waals surface area contributed by atoms with Gasteiger partial charge in [-0.15, -0.1) is 22.7 Å². The predicted molar refractivity (Wildman–Crippen MR) is 146 cm³/mol. The van der Waals surface area contributed by atoms with Crippen LogP contribution in [0.3, 0.4) is 0 Å². The van der Waals surface area contributed by atoms with Crippen molar-refractivity contribution in [1.82, 2.24) is 10.0 Å². The van der Waals surface area contributed by atoms with E-state index in [0.717, 1.165) is 27.8 Å². The van der Waals surface area contributed by atoms with Crippen molar-refractivity contribution in [1.29, 1.82) is 5.26 Å². The Morgan fingerprint density at radius 2 is 2.00 bits per heavy atom. The molecule has 0 fully saturated rings. The van der Waals surface area contributed by atoms with E-state index in [1.165, 1.54) is 22.7 Å². The lowest BCUT2D eigenvalue weighted by Crippen LogP contribution is -2.45. The van der Waals surface area contributed by atoms with Gasteiger partial charge in [0.25, 0.3) is 0 Å². The van der Waals surface area contributed by atoms with Gasteiger partial charge in [-0.25, -0.2) is 9.80 Å². The highest BCUT2D eigenvalue weighted by atomic mass is 32.2. The third-order valence-electron chi connectivity index (χ3n) is 5.56. The molecule has 0 spiro atoms. The molecule has 0 saturated heterocycles. The number of carbonyl (C=O) groups excluding carboxylic acids is 1. The minimum Gasteiger partial charge on any atom is -0.477 e. The number of thiophene rings is 2. The summed E-state index contributed by atoms with van der Waals surface area (Å²) in [6.07, 6.45) is 2.67. The molecule has 3 aromatic rings. The molecule has 188 valence electrons. The van der Waals surface area contributed by atoms with Crippen LogP contribution < -0.4 is 0 Å². The Morgan fingerprint density at radius 3 is 2.78 bits per heavy atom. The Kier molecular flexibility index (Phi) is 9.04. The van der Waals surface area contributed by atoms with Crippen LogP contribution in [-0.2, 0) is 12.8 Å². The molecule has 2 aromatic heterocycles. The summed E-state index contributed by atoms with van der Waals surface area (Å²) in [6.45, 7) is 0.883. The number of aliphatic hydroxyl groups excluding tert-OH is 1. The second-order valence-electron chi connectivity index (χ2n) is 8.15. The lowest BCUT2D eigenvalue weighted by atomic mass is 10.0. The number of nitrogens with zero attached hydrogens (tertiary/aromatic N) is 3. The lowest BCUT2D eigenvalue weighted by molar-refractivity contribution is 0.0548. The van der Waals surface area contributed by atoms with Gasteiger partial charge in [0.2, 0.25) is 0 Å². The predicted octanol–water partition coefficient (Wildman–Crippen LogP) is 5.17. The largest absolute Gasteiger partial charge is 0.477 e. The third-order valence-corrected chi connectivity index (χ3v) is 8.19. The quantitative estimate of drug-likeness (QED) is 0.355. The number of aromatic carboxylic acids is 1. The van der Waals surface area contributed by atoms with Crippen molar-refractivity contribution in [2.75, 3.05) is 13.1 Å². The Labute approximate surface area is 227 Å². The van der Waals surface area contributed by atoms with E-state index in [2.05, 4.69) is 17.9 Å². The fourth-order valence-electron chi connectivity index (χ4n) is 3.73. The van der Waals surface area contributed by atoms with Gasteiger partial charge in [-0.05, 0) is 71.3 Å². The maximum atomic E-state index is 12.5. The van der Waals surface area contributed by atoms with E-state index in [0.29, 0.717) is 42.8 Å². The number of carboxylic acid groups (broad SMARTS) is 1. The van der Waals surface area contributed by atoms with E-state index < -0.39 is 12.1 Å². The van der Waals surface area contributed by atoms with Gasteiger partial charge in [0, 0.05) is 36.2 Å². The summed E-state index contributed by atoms with van der Waals surface area (Å²) >= 11 is 3.68. The number of aliphatic hydroxyl groups is 1. The summed E-state index contributed by atoms with van der Waals surface area (Å²) in [5.74, 6) is 5.18. The minimum absolute atomic E-state index is 0.108. The molecule has 7 nitrogen and oxygen atoms in total. The highest BCUT2D eigenvalue weighted by Crippen LogP contribution is 2.23. The molecule has 1 aliphatic heterocycles. The highest BCUT2D eigenvalue weighted by Gasteiger charge is 2.23. The van der Waals surface area contributed by atoms with Gasteiger partial charge in [-0.3, -0.25) is 9.80 Å². The van der Waals surface area contributed by atoms with Crippen molar-refractivity contribution in [3.8, 4) is 17.9 Å². The fraction of sp³-hybridized carbons (Fsp3) is 0.222. The molecule has 10 heteroatoms. The molecule has 0 aliphatic carbocycles. The number of rotatable bonds is 9. The molecule has 3 heterocycles. The van der Waals surface area contributed by atoms with Gasteiger partial charge in [-0.2, -0.15) is 5.26 Å². The van der Waals surface area contributed by atoms with Crippen LogP contribution in [0.15, 0.2) is 59.5 Å². The average molecular weight is 550 g/mol. The first-order valence-electron chi connectivity index (χ1n) is 11.4. The van der Waals surface area contributed by atoms with Crippen LogP contribution in [0, 0.1) is 23.2 Å². The van der Waals surface area contributed by atoms with Crippen LogP contribution in [0.4, 0.5) is 4.79 Å². The van der Waals surface area contributed by atoms with Crippen molar-refractivity contribution < 1.29 is 19.8 Å². The molecule has 1 aliphatic rings. The highest BCUT2D eigenvalue weighted by molar-refractivity contribution is 8.16. The van der Waals surface area contributed by atoms with Crippen LogP contribution in [0.2, 0.25) is 0 Å². The lowest BCUT2D eigenvalue weighted by Gasteiger charge is -2.36. The first kappa shape index (κ1) is 26.5. The summed E-state index contributed by atoms with van der Waals surface area (Å²) in [6, 6.07) is 15.0. The zero-order valence-corrected chi connectivity index (χ0v) is 22.1. The fourth-order valence-corrected chi connectivity index (χ4v) is 5.84. The maximum Gasteiger partial charge on any atom is 0.345 e. The van der Waals surface area contributed by atoms with Crippen LogP contribution in [0.25, 0.3) is 0 Å². The summed E-state index contributed by atoms with van der Waals surface area (Å²) < 4.78 is 0. The number of amides is 1. The van der Waals surface area contributed by atoms with Crippen LogP contribution in [-0.4, -0.2) is 50.6 Å². The van der Waals surface area contributed by atoms with Gasteiger partial charge >= 0.3 is 11.2 Å². The summed E-state index contributed by atoms with van der Waals surface area (Å²) in [4.78, 5) is 25.4. The van der Waals surface area contributed by atoms with Gasteiger partial charge in [-0.1, -0.05) is 24.0 Å². The van der Waals surface area contributed by atoms with Crippen molar-refractivity contribution in [2.24, 2.45) is 0 Å². The second-order valence-corrected chi connectivity index (χ2v) is 11.1. The van der Waals surface area contributed by atoms with Crippen molar-refractivity contribution >= 4 is 45.6 Å². The molecule has 4 rings (SSSR count). The zero-order chi connectivity index (χ0) is 26.2. The normalized spacial score (nSPS) is 13.7. The first-order chi connectivity index (χ1) is 17.9. The van der Waals surface area contributed by atoms with E-state index in [1.54, 1.807) is 22.5 Å². The first-order valence-corrected chi connectivity index (χ1v) is 14.0. The minimum atomic E-state index is -0.951. The molecule has 1 amide bonds. The maximum absolute atomic E-state index is 12.5. The molecular formula is C27H23N3O4S3. The van der Waals surface area contributed by atoms with E-state index in [9.17, 15) is 14.7 Å². The Morgan fingerprint density at radius 1 is 1.14 bits per heavy atom. The Balaban J connectivity index is 1.32. The van der Waals surface area contributed by atoms with Crippen LogP contribution >= 0.6 is 34.4 Å². The van der Waals surface area contributed by atoms with E-state index in [4.69, 9.17) is 10.4 Å². The molecule has 0 bridgehead atoms. The molecule has 1 atom stereocenters. The molecule has 37 heavy (non-hydrogen) atoms. The summed E-state index contributed by atoms with van der Waals surface area (Å²) in [5.41, 5.74) is 2.48. The van der Waals surface area contributed by atoms with Gasteiger partial charge in [0.15, 0.2) is 0 Å². The number of hydrogen-bond acceptors (Lipinski definition) is 8. The number of thioether (sulfide) groups is 1. The van der Waals surface area contributed by atoms with Crippen molar-refractivity contribution in [2.45, 2.75) is 25.4 Å². The number of nitriles is 1. The zero-order valence-electron chi connectivity index (χ0n) is 19.7. The molecular weight excluding hydrogens is 527 g/mol. The molecule has 2 N–H and O–H groups in total. The SMILES string of the molecule is N#Cc1sccc1C#Cc1cccc(C[C@H](O)CCN2C=CSC(=O)N2CCc2ccc(C(=O)O)s2)c1. The Bertz CT molecular complexity index is 1410. The van der Waals surface area contributed by atoms with Crippen molar-refractivity contribution in [3.05, 3.63) is 90.8 Å². The van der Waals surface area contributed by atoms with Crippen LogP contribution in [0.5, 0.6) is 0 Å². The standard InChI is InChI=1S/C27H23N3O4S3/c28-18-25-21(10-14-35-25)5-4-19-2-1-3-20(16-19)17-22(31)8-11-29-13-15-36-27(34)30(29)12-9-23-6-7-24(37-23)26(32)33/h1-3,6-7,10,13-16,22,31H,8-9,11-12,17H2,(H,32,33)/t22-/m1/s1. The van der Waals surface area contributed by atoms with Gasteiger partial charge < -0.3 is 10.2 Å². The van der Waals surface area contributed by atoms with E-state index >= 15 is 0 Å². The smallest absolute Gasteiger partial charge is 0.345 e. The number of hydrazine groups is 1. The summed E-state index contributed by atoms with van der Waals surface area (Å²) in [5, 5.41) is 35.9. The number of benzene rings is 1. The monoisotopic (exact) mass is 549 g/mol. The van der Waals surface area contributed by atoms with Gasteiger partial charge in [0.05, 0.1) is 11.7 Å². The van der Waals surface area contributed by atoms with E-state index in [-0.39, 0.29) is 10.1 Å². The number of carboxylic acids is 1. The molecule has 0 saturated carbocycles. The van der Waals surface area contributed by atoms with Crippen molar-refractivity contribution in [3.63, 3.8) is 0 Å². The molecule has 0 radical (unpaired) electrons. The van der Waals surface area contributed by atoms with Crippen LogP contribution in [0.1, 0.15) is 42.5 Å². The molecule has 1 aromatic carbocycles. The number of hydrogen-bond donors (Lipinski definition) is 2. The second kappa shape index (κ2) is 12.6. The third kappa shape index (κ3) is 7.25. The van der Waals surface area contributed by atoms with Gasteiger partial charge in [0.1, 0.15) is 15.8 Å². The topological polar surface area (TPSA) is 105 Å². The number of carbonyl (C=O) groups is 2. The summed E-state index contributed by atoms with van der Waals surface area (Å²) in [7, 11) is 0. The van der Waals surface area contributed by atoms with E-state index in [1.807, 2.05) is 46.9 Å². The molecule has 0 unspecified atom stereocenters. The average Bonchev–Trinajstić information content (AvgIpc) is 3.55. The Hall–Kier alpha value is -3.54.